The van der Waals surface area contributed by atoms with E-state index in [9.17, 15) is 0 Å². The van der Waals surface area contributed by atoms with Crippen LogP contribution in [0.1, 0.15) is 32.3 Å². The molecule has 90 valence electrons. The molecule has 0 bridgehead atoms. The van der Waals surface area contributed by atoms with Gasteiger partial charge in [-0.1, -0.05) is 26.7 Å². The summed E-state index contributed by atoms with van der Waals surface area (Å²) in [5, 5.41) is 3.38. The highest BCUT2D eigenvalue weighted by atomic mass is 79.9. The van der Waals surface area contributed by atoms with Crippen LogP contribution < -0.4 is 11.1 Å². The first kappa shape index (κ1) is 13.5. The zero-order valence-electron chi connectivity index (χ0n) is 9.96. The Morgan fingerprint density at radius 2 is 2.12 bits per heavy atom. The molecule has 1 aromatic heterocycles. The van der Waals surface area contributed by atoms with Crippen molar-refractivity contribution < 1.29 is 0 Å². The molecular weight excluding hydrogens is 266 g/mol. The minimum absolute atomic E-state index is 0.512. The van der Waals surface area contributed by atoms with Gasteiger partial charge in [-0.3, -0.25) is 0 Å². The fraction of sp³-hybridized carbons (Fsp3) is 0.583. The van der Waals surface area contributed by atoms with Gasteiger partial charge >= 0.3 is 0 Å². The van der Waals surface area contributed by atoms with E-state index < -0.39 is 0 Å². The largest absolute Gasteiger partial charge is 0.370 e. The summed E-state index contributed by atoms with van der Waals surface area (Å²) in [5.74, 6) is 1.62. The van der Waals surface area contributed by atoms with Gasteiger partial charge < -0.3 is 11.1 Å². The quantitative estimate of drug-likeness (QED) is 0.844. The first-order valence-electron chi connectivity index (χ1n) is 5.79. The van der Waals surface area contributed by atoms with Crippen LogP contribution in [0.3, 0.4) is 0 Å². The molecule has 0 radical (unpaired) electrons. The molecule has 0 aliphatic carbocycles. The fourth-order valence-corrected chi connectivity index (χ4v) is 1.99. The molecule has 0 amide bonds. The van der Waals surface area contributed by atoms with Crippen molar-refractivity contribution in [1.82, 2.24) is 4.98 Å². The summed E-state index contributed by atoms with van der Waals surface area (Å²) < 4.78 is 0.973. The van der Waals surface area contributed by atoms with E-state index in [1.54, 1.807) is 6.20 Å². The standard InChI is InChI=1S/C12H20BrN3/c1-3-9(4-2)7-15-12-10(6-14)5-11(13)8-16-12/h5,8-9H,3-4,6-7,14H2,1-2H3,(H,15,16). The van der Waals surface area contributed by atoms with E-state index in [4.69, 9.17) is 5.73 Å². The van der Waals surface area contributed by atoms with E-state index >= 15 is 0 Å². The van der Waals surface area contributed by atoms with Gasteiger partial charge in [0, 0.05) is 29.3 Å². The second-order valence-electron chi connectivity index (χ2n) is 3.93. The second kappa shape index (κ2) is 6.86. The van der Waals surface area contributed by atoms with Crippen molar-refractivity contribution in [3.63, 3.8) is 0 Å². The van der Waals surface area contributed by atoms with E-state index in [1.807, 2.05) is 6.07 Å². The topological polar surface area (TPSA) is 50.9 Å². The van der Waals surface area contributed by atoms with Crippen LogP contribution in [-0.2, 0) is 6.54 Å². The first-order chi connectivity index (χ1) is 7.71. The molecule has 0 spiro atoms. The van der Waals surface area contributed by atoms with Crippen LogP contribution in [0, 0.1) is 5.92 Å². The Labute approximate surface area is 106 Å². The molecule has 3 N–H and O–H groups in total. The Bertz CT molecular complexity index is 324. The minimum Gasteiger partial charge on any atom is -0.370 e. The van der Waals surface area contributed by atoms with Crippen molar-refractivity contribution in [2.45, 2.75) is 33.2 Å². The van der Waals surface area contributed by atoms with Crippen LogP contribution in [-0.4, -0.2) is 11.5 Å². The molecule has 3 nitrogen and oxygen atoms in total. The van der Waals surface area contributed by atoms with Crippen LogP contribution in [0.2, 0.25) is 0 Å². The molecule has 0 atom stereocenters. The fourth-order valence-electron chi connectivity index (χ4n) is 1.61. The van der Waals surface area contributed by atoms with Gasteiger partial charge in [0.2, 0.25) is 0 Å². The van der Waals surface area contributed by atoms with Crippen molar-refractivity contribution >= 4 is 21.7 Å². The van der Waals surface area contributed by atoms with Crippen molar-refractivity contribution in [1.29, 1.82) is 0 Å². The van der Waals surface area contributed by atoms with Crippen molar-refractivity contribution in [3.05, 3.63) is 22.3 Å². The summed E-state index contributed by atoms with van der Waals surface area (Å²) in [7, 11) is 0. The lowest BCUT2D eigenvalue weighted by molar-refractivity contribution is 0.518. The molecule has 0 aliphatic rings. The number of pyridine rings is 1. The minimum atomic E-state index is 0.512. The Hall–Kier alpha value is -0.610. The lowest BCUT2D eigenvalue weighted by Crippen LogP contribution is -2.15. The number of rotatable bonds is 6. The predicted octanol–water partition coefficient (Wildman–Crippen LogP) is 3.15. The van der Waals surface area contributed by atoms with Gasteiger partial charge in [-0.25, -0.2) is 4.98 Å². The first-order valence-corrected chi connectivity index (χ1v) is 6.58. The number of hydrogen-bond acceptors (Lipinski definition) is 3. The normalized spacial score (nSPS) is 10.8. The number of aromatic nitrogens is 1. The molecule has 0 aliphatic heterocycles. The van der Waals surface area contributed by atoms with Crippen LogP contribution in [0.15, 0.2) is 16.7 Å². The highest BCUT2D eigenvalue weighted by Gasteiger charge is 2.06. The van der Waals surface area contributed by atoms with Gasteiger partial charge in [0.25, 0.3) is 0 Å². The predicted molar refractivity (Wildman–Crippen MR) is 72.4 cm³/mol. The zero-order chi connectivity index (χ0) is 12.0. The lowest BCUT2D eigenvalue weighted by atomic mass is 10.0. The Morgan fingerprint density at radius 1 is 1.44 bits per heavy atom. The van der Waals surface area contributed by atoms with Gasteiger partial charge in [-0.2, -0.15) is 0 Å². The van der Waals surface area contributed by atoms with E-state index in [2.05, 4.69) is 40.1 Å². The summed E-state index contributed by atoms with van der Waals surface area (Å²) in [6, 6.07) is 2.02. The molecule has 0 unspecified atom stereocenters. The van der Waals surface area contributed by atoms with E-state index in [-0.39, 0.29) is 0 Å². The third-order valence-corrected chi connectivity index (χ3v) is 3.30. The van der Waals surface area contributed by atoms with Crippen molar-refractivity contribution in [2.24, 2.45) is 11.7 Å². The maximum Gasteiger partial charge on any atom is 0.130 e. The summed E-state index contributed by atoms with van der Waals surface area (Å²) in [6.07, 6.45) is 4.18. The van der Waals surface area contributed by atoms with Gasteiger partial charge in [-0.05, 0) is 27.9 Å². The third-order valence-electron chi connectivity index (χ3n) is 2.87. The number of hydrogen-bond donors (Lipinski definition) is 2. The maximum atomic E-state index is 5.69. The number of halogens is 1. The Balaban J connectivity index is 2.65. The number of nitrogens with two attached hydrogens (primary N) is 1. The molecule has 1 heterocycles. The van der Waals surface area contributed by atoms with Crippen LogP contribution >= 0.6 is 15.9 Å². The Kier molecular flexibility index (Phi) is 5.77. The van der Waals surface area contributed by atoms with Gasteiger partial charge in [0.15, 0.2) is 0 Å². The molecule has 4 heteroatoms. The van der Waals surface area contributed by atoms with Crippen LogP contribution in [0.5, 0.6) is 0 Å². The molecule has 0 fully saturated rings. The highest BCUT2D eigenvalue weighted by Crippen LogP contribution is 2.18. The van der Waals surface area contributed by atoms with Crippen molar-refractivity contribution in [3.8, 4) is 0 Å². The SMILES string of the molecule is CCC(CC)CNc1ncc(Br)cc1CN. The van der Waals surface area contributed by atoms with Crippen LogP contribution in [0.4, 0.5) is 5.82 Å². The number of nitrogens with one attached hydrogen (secondary N) is 1. The number of anilines is 1. The van der Waals surface area contributed by atoms with E-state index in [0.717, 1.165) is 22.4 Å². The van der Waals surface area contributed by atoms with Gasteiger partial charge in [-0.15, -0.1) is 0 Å². The molecule has 0 aromatic carbocycles. The average molecular weight is 286 g/mol. The summed E-state index contributed by atoms with van der Waals surface area (Å²) in [6.45, 7) is 5.91. The molecule has 1 aromatic rings. The third kappa shape index (κ3) is 3.76. The molecule has 16 heavy (non-hydrogen) atoms. The monoisotopic (exact) mass is 285 g/mol. The van der Waals surface area contributed by atoms with Gasteiger partial charge in [0.1, 0.15) is 5.82 Å². The lowest BCUT2D eigenvalue weighted by Gasteiger charge is -2.15. The smallest absolute Gasteiger partial charge is 0.130 e. The second-order valence-corrected chi connectivity index (χ2v) is 4.84. The molecule has 0 saturated carbocycles. The Morgan fingerprint density at radius 3 is 2.69 bits per heavy atom. The summed E-state index contributed by atoms with van der Waals surface area (Å²) >= 11 is 3.40. The molecule has 1 rings (SSSR count). The van der Waals surface area contributed by atoms with Gasteiger partial charge in [0.05, 0.1) is 0 Å². The van der Waals surface area contributed by atoms with E-state index in [0.29, 0.717) is 12.5 Å². The summed E-state index contributed by atoms with van der Waals surface area (Å²) in [4.78, 5) is 4.35. The van der Waals surface area contributed by atoms with Crippen molar-refractivity contribution in [2.75, 3.05) is 11.9 Å². The highest BCUT2D eigenvalue weighted by molar-refractivity contribution is 9.10. The molecule has 0 saturated heterocycles. The molecular formula is C12H20BrN3. The zero-order valence-corrected chi connectivity index (χ0v) is 11.5. The maximum absolute atomic E-state index is 5.69. The van der Waals surface area contributed by atoms with Crippen LogP contribution in [0.25, 0.3) is 0 Å². The average Bonchev–Trinajstić information content (AvgIpc) is 2.31. The number of nitrogens with zero attached hydrogens (tertiary/aromatic N) is 1. The summed E-state index contributed by atoms with van der Waals surface area (Å²) in [5.41, 5.74) is 6.75. The van der Waals surface area contributed by atoms with E-state index in [1.165, 1.54) is 12.8 Å².